The molecule has 9 heteroatoms. The van der Waals surface area contributed by atoms with Crippen molar-refractivity contribution >= 4 is 35.0 Å². The number of nitrogens with one attached hydrogen (secondary N) is 1. The van der Waals surface area contributed by atoms with Gasteiger partial charge in [0.15, 0.2) is 11.0 Å². The predicted molar refractivity (Wildman–Crippen MR) is 124 cm³/mol. The first-order valence-corrected chi connectivity index (χ1v) is 10.9. The van der Waals surface area contributed by atoms with E-state index in [2.05, 4.69) is 15.5 Å². The summed E-state index contributed by atoms with van der Waals surface area (Å²) in [6, 6.07) is 20.7. The number of benzene rings is 3. The summed E-state index contributed by atoms with van der Waals surface area (Å²) in [4.78, 5) is 12.4. The van der Waals surface area contributed by atoms with Gasteiger partial charge in [-0.15, -0.1) is 10.2 Å². The first-order valence-electron chi connectivity index (χ1n) is 9.58. The van der Waals surface area contributed by atoms with Gasteiger partial charge in [0.2, 0.25) is 5.91 Å². The van der Waals surface area contributed by atoms with Crippen molar-refractivity contribution < 1.29 is 13.9 Å². The molecular weight excluding hydrogens is 451 g/mol. The van der Waals surface area contributed by atoms with Crippen molar-refractivity contribution in [3.8, 4) is 22.8 Å². The van der Waals surface area contributed by atoms with Gasteiger partial charge in [-0.25, -0.2) is 4.39 Å². The molecule has 0 saturated carbocycles. The van der Waals surface area contributed by atoms with E-state index in [9.17, 15) is 9.18 Å². The van der Waals surface area contributed by atoms with Crippen LogP contribution in [0.1, 0.15) is 0 Å². The number of ether oxygens (including phenoxy) is 1. The van der Waals surface area contributed by atoms with E-state index in [1.54, 1.807) is 31.4 Å². The molecule has 0 aliphatic carbocycles. The van der Waals surface area contributed by atoms with Gasteiger partial charge in [0.05, 0.1) is 24.1 Å². The predicted octanol–water partition coefficient (Wildman–Crippen LogP) is 5.47. The number of para-hydroxylation sites is 2. The van der Waals surface area contributed by atoms with Gasteiger partial charge in [-0.2, -0.15) is 0 Å². The second-order valence-corrected chi connectivity index (χ2v) is 8.01. The molecule has 0 atom stereocenters. The van der Waals surface area contributed by atoms with Crippen LogP contribution in [0.25, 0.3) is 17.1 Å². The summed E-state index contributed by atoms with van der Waals surface area (Å²) in [6.45, 7) is 0. The Morgan fingerprint density at radius 3 is 2.53 bits per heavy atom. The Morgan fingerprint density at radius 1 is 1.06 bits per heavy atom. The average molecular weight is 469 g/mol. The number of amides is 1. The van der Waals surface area contributed by atoms with E-state index in [1.807, 2.05) is 41.0 Å². The lowest BCUT2D eigenvalue weighted by atomic mass is 10.2. The topological polar surface area (TPSA) is 69.0 Å². The van der Waals surface area contributed by atoms with Crippen molar-refractivity contribution in [2.24, 2.45) is 0 Å². The van der Waals surface area contributed by atoms with Gasteiger partial charge in [0, 0.05) is 10.7 Å². The molecule has 0 saturated heterocycles. The minimum atomic E-state index is -0.492. The Balaban J connectivity index is 1.65. The van der Waals surface area contributed by atoms with Crippen LogP contribution in [0.3, 0.4) is 0 Å². The minimum absolute atomic E-state index is 0.0198. The molecule has 0 bridgehead atoms. The molecular formula is C23H18ClFN4O2S. The van der Waals surface area contributed by atoms with Gasteiger partial charge < -0.3 is 10.1 Å². The Bertz CT molecular complexity index is 1250. The molecule has 0 aliphatic heterocycles. The maximum absolute atomic E-state index is 13.8. The monoisotopic (exact) mass is 468 g/mol. The number of rotatable bonds is 7. The largest absolute Gasteiger partial charge is 0.496 e. The number of carbonyl (C=O) groups excluding carboxylic acids is 1. The van der Waals surface area contributed by atoms with Crippen molar-refractivity contribution in [2.75, 3.05) is 18.2 Å². The minimum Gasteiger partial charge on any atom is -0.496 e. The van der Waals surface area contributed by atoms with Gasteiger partial charge in [-0.1, -0.05) is 47.6 Å². The number of methoxy groups -OCH3 is 1. The zero-order valence-electron chi connectivity index (χ0n) is 17.0. The van der Waals surface area contributed by atoms with Gasteiger partial charge in [0.1, 0.15) is 11.6 Å². The van der Waals surface area contributed by atoms with Gasteiger partial charge in [-0.3, -0.25) is 9.36 Å². The summed E-state index contributed by atoms with van der Waals surface area (Å²) in [5.74, 6) is 0.371. The fraction of sp³-hybridized carbons (Fsp3) is 0.0870. The van der Waals surface area contributed by atoms with E-state index in [0.29, 0.717) is 21.8 Å². The standard InChI is InChI=1S/C23H18ClFN4O2S/c1-31-20-9-5-2-6-17(20)22-27-28-23(29(22)16-12-10-15(24)11-13-16)32-14-21(30)26-19-8-4-3-7-18(19)25/h2-13H,14H2,1H3,(H,26,30). The molecule has 6 nitrogen and oxygen atoms in total. The van der Waals surface area contributed by atoms with Crippen molar-refractivity contribution in [3.63, 3.8) is 0 Å². The number of halogens is 2. The molecule has 3 aromatic carbocycles. The van der Waals surface area contributed by atoms with Crippen molar-refractivity contribution in [2.45, 2.75) is 5.16 Å². The lowest BCUT2D eigenvalue weighted by Gasteiger charge is -2.12. The van der Waals surface area contributed by atoms with Crippen LogP contribution >= 0.6 is 23.4 Å². The highest BCUT2D eigenvalue weighted by atomic mass is 35.5. The van der Waals surface area contributed by atoms with E-state index < -0.39 is 5.82 Å². The van der Waals surface area contributed by atoms with Crippen LogP contribution < -0.4 is 10.1 Å². The molecule has 1 amide bonds. The smallest absolute Gasteiger partial charge is 0.234 e. The molecule has 1 heterocycles. The highest BCUT2D eigenvalue weighted by molar-refractivity contribution is 7.99. The number of hydrogen-bond donors (Lipinski definition) is 1. The SMILES string of the molecule is COc1ccccc1-c1nnc(SCC(=O)Nc2ccccc2F)n1-c1ccc(Cl)cc1. The number of carbonyl (C=O) groups is 1. The third-order valence-corrected chi connectivity index (χ3v) is 5.73. The molecule has 0 radical (unpaired) electrons. The molecule has 0 aliphatic rings. The lowest BCUT2D eigenvalue weighted by Crippen LogP contribution is -2.15. The first kappa shape index (κ1) is 21.9. The van der Waals surface area contributed by atoms with Crippen LogP contribution in [-0.2, 0) is 4.79 Å². The molecule has 1 aromatic heterocycles. The second kappa shape index (κ2) is 9.84. The van der Waals surface area contributed by atoms with Crippen LogP contribution in [-0.4, -0.2) is 33.5 Å². The quantitative estimate of drug-likeness (QED) is 0.364. The van der Waals surface area contributed by atoms with Gasteiger partial charge >= 0.3 is 0 Å². The maximum Gasteiger partial charge on any atom is 0.234 e. The Kier molecular flexibility index (Phi) is 6.72. The number of anilines is 1. The van der Waals surface area contributed by atoms with E-state index in [0.717, 1.165) is 11.3 Å². The summed E-state index contributed by atoms with van der Waals surface area (Å²) >= 11 is 7.25. The molecule has 0 fully saturated rings. The van der Waals surface area contributed by atoms with Crippen LogP contribution in [0.5, 0.6) is 5.75 Å². The Labute approximate surface area is 193 Å². The summed E-state index contributed by atoms with van der Waals surface area (Å²) in [6.07, 6.45) is 0. The zero-order valence-corrected chi connectivity index (χ0v) is 18.5. The van der Waals surface area contributed by atoms with Crippen molar-refractivity contribution in [1.29, 1.82) is 0 Å². The highest BCUT2D eigenvalue weighted by Gasteiger charge is 2.20. The van der Waals surface area contributed by atoms with Crippen LogP contribution in [0.4, 0.5) is 10.1 Å². The molecule has 0 unspecified atom stereocenters. The molecule has 0 spiro atoms. The fourth-order valence-corrected chi connectivity index (χ4v) is 3.95. The summed E-state index contributed by atoms with van der Waals surface area (Å²) in [5, 5.41) is 12.3. The maximum atomic E-state index is 13.8. The van der Waals surface area contributed by atoms with Gasteiger partial charge in [0.25, 0.3) is 0 Å². The van der Waals surface area contributed by atoms with Crippen LogP contribution in [0, 0.1) is 5.82 Å². The van der Waals surface area contributed by atoms with E-state index in [-0.39, 0.29) is 17.3 Å². The molecule has 1 N–H and O–H groups in total. The van der Waals surface area contributed by atoms with E-state index in [4.69, 9.17) is 16.3 Å². The molecule has 4 rings (SSSR count). The Morgan fingerprint density at radius 2 is 1.78 bits per heavy atom. The molecule has 4 aromatic rings. The molecule has 32 heavy (non-hydrogen) atoms. The third kappa shape index (κ3) is 4.76. The number of thioether (sulfide) groups is 1. The summed E-state index contributed by atoms with van der Waals surface area (Å²) in [7, 11) is 1.59. The summed E-state index contributed by atoms with van der Waals surface area (Å²) < 4.78 is 21.1. The first-order chi connectivity index (χ1) is 15.6. The summed E-state index contributed by atoms with van der Waals surface area (Å²) in [5.41, 5.74) is 1.66. The van der Waals surface area contributed by atoms with Crippen molar-refractivity contribution in [3.05, 3.63) is 83.6 Å². The average Bonchev–Trinajstić information content (AvgIpc) is 3.23. The number of hydrogen-bond acceptors (Lipinski definition) is 5. The van der Waals surface area contributed by atoms with Crippen molar-refractivity contribution in [1.82, 2.24) is 14.8 Å². The highest BCUT2D eigenvalue weighted by Crippen LogP contribution is 2.33. The number of aromatic nitrogens is 3. The van der Waals surface area contributed by atoms with Crippen LogP contribution in [0.2, 0.25) is 5.02 Å². The van der Waals surface area contributed by atoms with Gasteiger partial charge in [-0.05, 0) is 48.5 Å². The number of nitrogens with zero attached hydrogens (tertiary/aromatic N) is 3. The molecule has 162 valence electrons. The van der Waals surface area contributed by atoms with E-state index >= 15 is 0 Å². The third-order valence-electron chi connectivity index (χ3n) is 4.55. The normalized spacial score (nSPS) is 10.7. The van der Waals surface area contributed by atoms with Crippen LogP contribution in [0.15, 0.2) is 78.0 Å². The zero-order chi connectivity index (χ0) is 22.5. The second-order valence-electron chi connectivity index (χ2n) is 6.63. The Hall–Kier alpha value is -3.36. The fourth-order valence-electron chi connectivity index (χ4n) is 3.07. The lowest BCUT2D eigenvalue weighted by molar-refractivity contribution is -0.113. The van der Waals surface area contributed by atoms with E-state index in [1.165, 1.54) is 23.9 Å².